The second-order valence-corrected chi connectivity index (χ2v) is 4.14. The maximum Gasteiger partial charge on any atom is 0.0233 e. The van der Waals surface area contributed by atoms with E-state index in [1.807, 2.05) is 0 Å². The van der Waals surface area contributed by atoms with Crippen molar-refractivity contribution in [1.29, 1.82) is 0 Å². The van der Waals surface area contributed by atoms with E-state index in [1.54, 1.807) is 0 Å². The number of rotatable bonds is 4. The minimum Gasteiger partial charge on any atom is -0.299 e. The van der Waals surface area contributed by atoms with Crippen molar-refractivity contribution in [2.75, 3.05) is 19.6 Å². The smallest absolute Gasteiger partial charge is 0.0233 e. The molecule has 0 spiro atoms. The minimum absolute atomic E-state index is 1.16. The molecule has 0 aromatic heterocycles. The Kier molecular flexibility index (Phi) is 4.95. The Labute approximate surface area is 88.5 Å². The Morgan fingerprint density at radius 1 is 1.29 bits per heavy atom. The molecule has 0 atom stereocenters. The van der Waals surface area contributed by atoms with Gasteiger partial charge in [0, 0.05) is 6.54 Å². The van der Waals surface area contributed by atoms with Gasteiger partial charge >= 0.3 is 0 Å². The highest BCUT2D eigenvalue weighted by Gasteiger charge is 2.12. The molecule has 1 heterocycles. The number of hydrogen-bond acceptors (Lipinski definition) is 1. The molecule has 0 bridgehead atoms. The number of likely N-dealkylation sites (tertiary alicyclic amines) is 1. The lowest BCUT2D eigenvalue weighted by molar-refractivity contribution is 0.370. The van der Waals surface area contributed by atoms with Gasteiger partial charge in [-0.2, -0.15) is 0 Å². The van der Waals surface area contributed by atoms with Crippen LogP contribution in [0.5, 0.6) is 0 Å². The van der Waals surface area contributed by atoms with Crippen molar-refractivity contribution in [3.63, 3.8) is 0 Å². The third kappa shape index (κ3) is 3.30. The molecule has 1 fully saturated rings. The number of hydrogen-bond donors (Lipinski definition) is 0. The Morgan fingerprint density at radius 2 is 1.93 bits per heavy atom. The van der Waals surface area contributed by atoms with Crippen LogP contribution in [0.15, 0.2) is 23.3 Å². The van der Waals surface area contributed by atoms with E-state index in [-0.39, 0.29) is 0 Å². The van der Waals surface area contributed by atoms with Crippen LogP contribution in [0.4, 0.5) is 0 Å². The fourth-order valence-corrected chi connectivity index (χ4v) is 1.94. The summed E-state index contributed by atoms with van der Waals surface area (Å²) in [4.78, 5) is 2.56. The second-order valence-electron chi connectivity index (χ2n) is 4.14. The zero-order valence-corrected chi connectivity index (χ0v) is 9.84. The summed E-state index contributed by atoms with van der Waals surface area (Å²) in [6.07, 6.45) is 8.37. The highest BCUT2D eigenvalue weighted by atomic mass is 15.1. The molecular formula is C13H23N. The molecule has 0 saturated carbocycles. The third-order valence-electron chi connectivity index (χ3n) is 3.04. The van der Waals surface area contributed by atoms with Crippen molar-refractivity contribution in [3.8, 4) is 0 Å². The van der Waals surface area contributed by atoms with Gasteiger partial charge in [-0.1, -0.05) is 24.6 Å². The number of allylic oxidation sites excluding steroid dienone is 2. The Morgan fingerprint density at radius 3 is 2.43 bits per heavy atom. The molecule has 1 aliphatic heterocycles. The maximum atomic E-state index is 2.56. The fourth-order valence-electron chi connectivity index (χ4n) is 1.94. The lowest BCUT2D eigenvalue weighted by Crippen LogP contribution is -2.22. The number of nitrogens with zero attached hydrogens (tertiary/aromatic N) is 1. The van der Waals surface area contributed by atoms with E-state index >= 15 is 0 Å². The maximum absolute atomic E-state index is 2.56. The molecule has 1 nitrogen and oxygen atoms in total. The van der Waals surface area contributed by atoms with Crippen molar-refractivity contribution >= 4 is 0 Å². The molecule has 1 saturated heterocycles. The van der Waals surface area contributed by atoms with Gasteiger partial charge in [-0.15, -0.1) is 0 Å². The molecule has 0 N–H and O–H groups in total. The highest BCUT2D eigenvalue weighted by molar-refractivity contribution is 5.25. The van der Waals surface area contributed by atoms with Gasteiger partial charge in [0.1, 0.15) is 0 Å². The lowest BCUT2D eigenvalue weighted by Gasteiger charge is -2.17. The summed E-state index contributed by atoms with van der Waals surface area (Å²) < 4.78 is 0. The van der Waals surface area contributed by atoms with Gasteiger partial charge in [0.25, 0.3) is 0 Å². The first-order valence-corrected chi connectivity index (χ1v) is 5.81. The van der Waals surface area contributed by atoms with Crippen LogP contribution in [0.3, 0.4) is 0 Å². The Balaban J connectivity index is 2.59. The van der Waals surface area contributed by atoms with Gasteiger partial charge in [-0.3, -0.25) is 4.90 Å². The molecule has 14 heavy (non-hydrogen) atoms. The SMILES string of the molecule is C/C=C\C(CN1CCCC1)=C(\C)CC. The van der Waals surface area contributed by atoms with Crippen LogP contribution in [0.25, 0.3) is 0 Å². The summed E-state index contributed by atoms with van der Waals surface area (Å²) in [6.45, 7) is 10.3. The van der Waals surface area contributed by atoms with Gasteiger partial charge in [0.15, 0.2) is 0 Å². The summed E-state index contributed by atoms with van der Waals surface area (Å²) in [5, 5.41) is 0. The predicted octanol–water partition coefficient (Wildman–Crippen LogP) is 3.38. The van der Waals surface area contributed by atoms with Crippen LogP contribution < -0.4 is 0 Å². The first-order valence-electron chi connectivity index (χ1n) is 5.81. The quantitative estimate of drug-likeness (QED) is 0.619. The minimum atomic E-state index is 1.16. The third-order valence-corrected chi connectivity index (χ3v) is 3.04. The molecule has 0 aromatic rings. The van der Waals surface area contributed by atoms with Crippen LogP contribution in [-0.2, 0) is 0 Å². The second kappa shape index (κ2) is 6.02. The van der Waals surface area contributed by atoms with Crippen molar-refractivity contribution in [2.24, 2.45) is 0 Å². The topological polar surface area (TPSA) is 3.24 Å². The van der Waals surface area contributed by atoms with Crippen LogP contribution >= 0.6 is 0 Å². The zero-order chi connectivity index (χ0) is 10.4. The molecule has 80 valence electrons. The fraction of sp³-hybridized carbons (Fsp3) is 0.692. The van der Waals surface area contributed by atoms with E-state index in [4.69, 9.17) is 0 Å². The van der Waals surface area contributed by atoms with Gasteiger partial charge in [0.05, 0.1) is 0 Å². The first-order chi connectivity index (χ1) is 6.77. The monoisotopic (exact) mass is 193 g/mol. The summed E-state index contributed by atoms with van der Waals surface area (Å²) in [7, 11) is 0. The van der Waals surface area contributed by atoms with Gasteiger partial charge < -0.3 is 0 Å². The summed E-state index contributed by atoms with van der Waals surface area (Å²) in [6, 6.07) is 0. The highest BCUT2D eigenvalue weighted by Crippen LogP contribution is 2.15. The largest absolute Gasteiger partial charge is 0.299 e. The zero-order valence-electron chi connectivity index (χ0n) is 9.84. The molecule has 0 aromatic carbocycles. The van der Waals surface area contributed by atoms with Crippen molar-refractivity contribution in [3.05, 3.63) is 23.3 Å². The van der Waals surface area contributed by atoms with E-state index in [0.717, 1.165) is 6.54 Å². The van der Waals surface area contributed by atoms with Crippen molar-refractivity contribution in [2.45, 2.75) is 40.0 Å². The standard InChI is InChI=1S/C13H23N/c1-4-8-13(12(3)5-2)11-14-9-6-7-10-14/h4,8H,5-7,9-11H2,1-3H3/b8-4-,13-12+. The van der Waals surface area contributed by atoms with Gasteiger partial charge in [-0.05, 0) is 51.8 Å². The van der Waals surface area contributed by atoms with E-state index in [9.17, 15) is 0 Å². The average Bonchev–Trinajstić information content (AvgIpc) is 2.68. The van der Waals surface area contributed by atoms with Crippen LogP contribution in [0, 0.1) is 0 Å². The normalized spacial score (nSPS) is 20.5. The first kappa shape index (κ1) is 11.5. The predicted molar refractivity (Wildman–Crippen MR) is 63.5 cm³/mol. The van der Waals surface area contributed by atoms with E-state index in [0.29, 0.717) is 0 Å². The van der Waals surface area contributed by atoms with Crippen LogP contribution in [0.1, 0.15) is 40.0 Å². The summed E-state index contributed by atoms with van der Waals surface area (Å²) in [5.74, 6) is 0. The van der Waals surface area contributed by atoms with Gasteiger partial charge in [-0.25, -0.2) is 0 Å². The molecule has 0 radical (unpaired) electrons. The average molecular weight is 193 g/mol. The van der Waals surface area contributed by atoms with E-state index in [1.165, 1.54) is 43.5 Å². The molecule has 1 aliphatic rings. The van der Waals surface area contributed by atoms with Crippen LogP contribution in [0.2, 0.25) is 0 Å². The van der Waals surface area contributed by atoms with Crippen LogP contribution in [-0.4, -0.2) is 24.5 Å². The van der Waals surface area contributed by atoms with E-state index < -0.39 is 0 Å². The van der Waals surface area contributed by atoms with Crippen molar-refractivity contribution in [1.82, 2.24) is 4.90 Å². The summed E-state index contributed by atoms with van der Waals surface area (Å²) in [5.41, 5.74) is 3.06. The molecular weight excluding hydrogens is 170 g/mol. The molecule has 0 unspecified atom stereocenters. The van der Waals surface area contributed by atoms with E-state index in [2.05, 4.69) is 37.8 Å². The molecule has 1 heteroatoms. The Bertz CT molecular complexity index is 219. The molecule has 0 amide bonds. The summed E-state index contributed by atoms with van der Waals surface area (Å²) >= 11 is 0. The molecule has 0 aliphatic carbocycles. The molecule has 1 rings (SSSR count). The van der Waals surface area contributed by atoms with Gasteiger partial charge in [0.2, 0.25) is 0 Å². The Hall–Kier alpha value is -0.560. The van der Waals surface area contributed by atoms with Crippen molar-refractivity contribution < 1.29 is 0 Å². The lowest BCUT2D eigenvalue weighted by atomic mass is 10.1.